The van der Waals surface area contributed by atoms with Gasteiger partial charge in [0.15, 0.2) is 0 Å². The molecule has 110 valence electrons. The van der Waals surface area contributed by atoms with Crippen molar-refractivity contribution in [1.82, 2.24) is 4.98 Å². The number of carbonyl (C=O) groups is 1. The van der Waals surface area contributed by atoms with E-state index in [0.29, 0.717) is 0 Å². The van der Waals surface area contributed by atoms with Crippen LogP contribution in [0, 0.1) is 5.92 Å². The topological polar surface area (TPSA) is 76.0 Å². The van der Waals surface area contributed by atoms with E-state index in [-0.39, 0.29) is 16.7 Å². The maximum Gasteiger partial charge on any atom is 0.305 e. The number of H-pyrrole nitrogens is 1. The van der Waals surface area contributed by atoms with Crippen molar-refractivity contribution in [2.75, 3.05) is 0 Å². The van der Waals surface area contributed by atoms with Crippen LogP contribution in [0.2, 0.25) is 0 Å². The molecule has 20 heavy (non-hydrogen) atoms. The van der Waals surface area contributed by atoms with Crippen molar-refractivity contribution in [3.8, 4) is 0 Å². The van der Waals surface area contributed by atoms with Gasteiger partial charge in [-0.25, -0.2) is 0 Å². The van der Waals surface area contributed by atoms with Crippen LogP contribution in [0.15, 0.2) is 27.5 Å². The molecule has 0 saturated carbocycles. The Labute approximate surface area is 130 Å². The number of halogens is 1. The third-order valence-electron chi connectivity index (χ3n) is 2.92. The minimum absolute atomic E-state index is 0.00176. The summed E-state index contributed by atoms with van der Waals surface area (Å²) in [6.45, 7) is 4.05. The highest BCUT2D eigenvalue weighted by Gasteiger charge is 2.09. The number of benzene rings is 1. The Morgan fingerprint density at radius 2 is 2.15 bits per heavy atom. The average molecular weight is 359 g/mol. The minimum atomic E-state index is -0.153. The van der Waals surface area contributed by atoms with Gasteiger partial charge in [-0.05, 0) is 31.0 Å². The van der Waals surface area contributed by atoms with Crippen LogP contribution < -0.4 is 10.6 Å². The molecule has 1 aromatic heterocycles. The molecule has 1 aromatic carbocycles. The summed E-state index contributed by atoms with van der Waals surface area (Å²) in [5.74, 6) is -0.0469. The standard InChI is InChI=1S/C7H4BrNOS.C7H15NO/c8-4-1-2-5-6(3-4)11-7(10)9-5;1-3-5-6(4-2)7(8)9/h1-3H,(H,9,10);6H,3-5H2,1-2H3,(H2,8,9). The lowest BCUT2D eigenvalue weighted by Crippen LogP contribution is -2.22. The van der Waals surface area contributed by atoms with Gasteiger partial charge in [-0.2, -0.15) is 0 Å². The summed E-state index contributed by atoms with van der Waals surface area (Å²) >= 11 is 4.56. The van der Waals surface area contributed by atoms with Crippen LogP contribution in [0.3, 0.4) is 0 Å². The number of hydrogen-bond donors (Lipinski definition) is 2. The summed E-state index contributed by atoms with van der Waals surface area (Å²) in [5.41, 5.74) is 6.00. The summed E-state index contributed by atoms with van der Waals surface area (Å²) in [7, 11) is 0. The number of carbonyl (C=O) groups excluding carboxylic acids is 1. The van der Waals surface area contributed by atoms with E-state index in [1.807, 2.05) is 25.1 Å². The van der Waals surface area contributed by atoms with Crippen molar-refractivity contribution in [1.29, 1.82) is 0 Å². The Hall–Kier alpha value is -1.14. The van der Waals surface area contributed by atoms with Crippen molar-refractivity contribution in [2.24, 2.45) is 11.7 Å². The molecule has 0 aliphatic heterocycles. The van der Waals surface area contributed by atoms with Crippen molar-refractivity contribution in [2.45, 2.75) is 33.1 Å². The number of fused-ring (bicyclic) bond motifs is 1. The molecule has 0 bridgehead atoms. The molecule has 0 fully saturated rings. The number of amides is 1. The lowest BCUT2D eigenvalue weighted by Gasteiger charge is -2.06. The van der Waals surface area contributed by atoms with Gasteiger partial charge in [0.2, 0.25) is 5.91 Å². The first-order valence-electron chi connectivity index (χ1n) is 6.55. The fraction of sp³-hybridized carbons (Fsp3) is 0.429. The normalized spacial score (nSPS) is 11.8. The maximum atomic E-state index is 10.8. The van der Waals surface area contributed by atoms with Crippen LogP contribution in [-0.2, 0) is 4.79 Å². The van der Waals surface area contributed by atoms with Gasteiger partial charge in [-0.1, -0.05) is 47.5 Å². The van der Waals surface area contributed by atoms with E-state index in [9.17, 15) is 9.59 Å². The van der Waals surface area contributed by atoms with Gasteiger partial charge in [0.1, 0.15) is 0 Å². The van der Waals surface area contributed by atoms with E-state index < -0.39 is 0 Å². The van der Waals surface area contributed by atoms with Crippen LogP contribution in [0.25, 0.3) is 10.2 Å². The van der Waals surface area contributed by atoms with Gasteiger partial charge in [0.25, 0.3) is 0 Å². The van der Waals surface area contributed by atoms with Gasteiger partial charge in [0, 0.05) is 10.4 Å². The molecule has 4 nitrogen and oxygen atoms in total. The van der Waals surface area contributed by atoms with E-state index in [4.69, 9.17) is 5.73 Å². The number of hydrogen-bond acceptors (Lipinski definition) is 3. The predicted molar refractivity (Wildman–Crippen MR) is 88.0 cm³/mol. The molecule has 0 radical (unpaired) electrons. The summed E-state index contributed by atoms with van der Waals surface area (Å²) in [5, 5.41) is 0. The molecule has 2 aromatic rings. The van der Waals surface area contributed by atoms with E-state index in [2.05, 4.69) is 27.8 Å². The Morgan fingerprint density at radius 1 is 1.45 bits per heavy atom. The second kappa shape index (κ2) is 8.21. The van der Waals surface area contributed by atoms with Crippen LogP contribution in [0.5, 0.6) is 0 Å². The number of primary amides is 1. The van der Waals surface area contributed by atoms with Gasteiger partial charge < -0.3 is 10.7 Å². The summed E-state index contributed by atoms with van der Waals surface area (Å²) in [6.07, 6.45) is 2.86. The first kappa shape index (κ1) is 16.9. The zero-order chi connectivity index (χ0) is 15.1. The molecule has 0 aliphatic carbocycles. The van der Waals surface area contributed by atoms with Crippen molar-refractivity contribution >= 4 is 43.4 Å². The lowest BCUT2D eigenvalue weighted by molar-refractivity contribution is -0.122. The molecule has 0 saturated heterocycles. The van der Waals surface area contributed by atoms with Crippen molar-refractivity contribution in [3.63, 3.8) is 0 Å². The zero-order valence-corrected chi connectivity index (χ0v) is 14.0. The molecule has 3 N–H and O–H groups in total. The van der Waals surface area contributed by atoms with Gasteiger partial charge in [-0.3, -0.25) is 9.59 Å². The number of aromatic amines is 1. The van der Waals surface area contributed by atoms with Gasteiger partial charge in [0.05, 0.1) is 10.2 Å². The molecule has 1 atom stereocenters. The van der Waals surface area contributed by atoms with E-state index in [0.717, 1.165) is 34.0 Å². The third-order valence-corrected chi connectivity index (χ3v) is 4.25. The SMILES string of the molecule is CCCC(CC)C(N)=O.O=c1[nH]c2ccc(Br)cc2s1. The molecular weight excluding hydrogens is 340 g/mol. The second-order valence-electron chi connectivity index (χ2n) is 4.45. The fourth-order valence-electron chi connectivity index (χ4n) is 1.82. The van der Waals surface area contributed by atoms with E-state index in [1.54, 1.807) is 0 Å². The molecule has 0 spiro atoms. The fourth-order valence-corrected chi connectivity index (χ4v) is 3.10. The smallest absolute Gasteiger partial charge is 0.305 e. The summed E-state index contributed by atoms with van der Waals surface area (Å²) < 4.78 is 1.99. The number of aromatic nitrogens is 1. The molecule has 1 heterocycles. The lowest BCUT2D eigenvalue weighted by atomic mass is 10.0. The largest absolute Gasteiger partial charge is 0.369 e. The highest BCUT2D eigenvalue weighted by Crippen LogP contribution is 2.19. The van der Waals surface area contributed by atoms with E-state index >= 15 is 0 Å². The van der Waals surface area contributed by atoms with Crippen LogP contribution in [0.4, 0.5) is 0 Å². The quantitative estimate of drug-likeness (QED) is 0.874. The van der Waals surface area contributed by atoms with E-state index in [1.165, 1.54) is 11.3 Å². The first-order valence-corrected chi connectivity index (χ1v) is 8.16. The predicted octanol–water partition coefficient (Wildman–Crippen LogP) is 3.65. The molecule has 1 amide bonds. The molecule has 2 rings (SSSR count). The highest BCUT2D eigenvalue weighted by molar-refractivity contribution is 9.10. The Balaban J connectivity index is 0.000000206. The molecular formula is C14H19BrN2O2S. The molecule has 6 heteroatoms. The van der Waals surface area contributed by atoms with Crippen LogP contribution in [-0.4, -0.2) is 10.9 Å². The third kappa shape index (κ3) is 5.09. The zero-order valence-electron chi connectivity index (χ0n) is 11.6. The average Bonchev–Trinajstić information content (AvgIpc) is 2.75. The summed E-state index contributed by atoms with van der Waals surface area (Å²) in [4.78, 5) is 24.1. The number of nitrogens with two attached hydrogens (primary N) is 1. The number of rotatable bonds is 4. The number of nitrogens with one attached hydrogen (secondary N) is 1. The molecule has 1 unspecified atom stereocenters. The minimum Gasteiger partial charge on any atom is -0.369 e. The van der Waals surface area contributed by atoms with Crippen LogP contribution in [0.1, 0.15) is 33.1 Å². The van der Waals surface area contributed by atoms with Crippen LogP contribution >= 0.6 is 27.3 Å². The van der Waals surface area contributed by atoms with Crippen molar-refractivity contribution in [3.05, 3.63) is 32.3 Å². The monoisotopic (exact) mass is 358 g/mol. The number of thiazole rings is 1. The summed E-state index contributed by atoms with van der Waals surface area (Å²) in [6, 6.07) is 5.72. The Kier molecular flexibility index (Phi) is 6.95. The van der Waals surface area contributed by atoms with Crippen molar-refractivity contribution < 1.29 is 4.79 Å². The van der Waals surface area contributed by atoms with Gasteiger partial charge in [-0.15, -0.1) is 0 Å². The maximum absolute atomic E-state index is 10.8. The Morgan fingerprint density at radius 3 is 2.65 bits per heavy atom. The van der Waals surface area contributed by atoms with Gasteiger partial charge >= 0.3 is 4.87 Å². The molecule has 0 aliphatic rings. The Bertz CT molecular complexity index is 621. The highest BCUT2D eigenvalue weighted by atomic mass is 79.9. The first-order chi connectivity index (χ1) is 9.47. The second-order valence-corrected chi connectivity index (χ2v) is 6.38.